The van der Waals surface area contributed by atoms with E-state index >= 15 is 0 Å². The van der Waals surface area contributed by atoms with Gasteiger partial charge in [0.15, 0.2) is 12.2 Å². The molecule has 1 aliphatic heterocycles. The zero-order chi connectivity index (χ0) is 20.2. The van der Waals surface area contributed by atoms with Gasteiger partial charge in [0.1, 0.15) is 0 Å². The van der Waals surface area contributed by atoms with Crippen molar-refractivity contribution in [1.29, 1.82) is 5.41 Å². The minimum Gasteiger partial charge on any atom is -0.456 e. The zero-order valence-corrected chi connectivity index (χ0v) is 16.6. The molecule has 9 nitrogen and oxygen atoms in total. The standard InChI is InChI=1S/C14H18Cl3NO8/c1-5-9(23-6(2)19)10(24-7(3)20)11(25-8(4)21)12(22-5)26-13(18)14(15,16)17/h5,9-12,18H,1-4H3/t5-,9-,10+,11-,12-/m1/s1. The Labute approximate surface area is 164 Å². The molecule has 26 heavy (non-hydrogen) atoms. The van der Waals surface area contributed by atoms with Crippen LogP contribution in [-0.4, -0.2) is 58.3 Å². The Morgan fingerprint density at radius 2 is 1.27 bits per heavy atom. The van der Waals surface area contributed by atoms with Gasteiger partial charge in [-0.25, -0.2) is 0 Å². The largest absolute Gasteiger partial charge is 0.456 e. The lowest BCUT2D eigenvalue weighted by atomic mass is 9.99. The molecule has 0 spiro atoms. The van der Waals surface area contributed by atoms with Crippen molar-refractivity contribution in [1.82, 2.24) is 0 Å². The van der Waals surface area contributed by atoms with Crippen molar-refractivity contribution in [2.24, 2.45) is 0 Å². The molecule has 1 saturated heterocycles. The normalized spacial score (nSPS) is 28.7. The highest BCUT2D eigenvalue weighted by Crippen LogP contribution is 2.33. The van der Waals surface area contributed by atoms with E-state index in [9.17, 15) is 14.4 Å². The molecule has 12 heteroatoms. The summed E-state index contributed by atoms with van der Waals surface area (Å²) in [5.74, 6) is -2.96. The number of rotatable bonds is 4. The Bertz CT molecular complexity index is 579. The fraction of sp³-hybridized carbons (Fsp3) is 0.714. The molecule has 1 N–H and O–H groups in total. The van der Waals surface area contributed by atoms with Crippen molar-refractivity contribution in [2.45, 2.75) is 62.2 Å². The summed E-state index contributed by atoms with van der Waals surface area (Å²) in [5, 5.41) is 7.65. The number of halogens is 3. The van der Waals surface area contributed by atoms with Crippen LogP contribution in [0.25, 0.3) is 0 Å². The van der Waals surface area contributed by atoms with E-state index in [2.05, 4.69) is 0 Å². The lowest BCUT2D eigenvalue weighted by Crippen LogP contribution is -2.61. The second-order valence-corrected chi connectivity index (χ2v) is 7.66. The number of alkyl halides is 3. The van der Waals surface area contributed by atoms with Crippen LogP contribution in [0, 0.1) is 5.41 Å². The van der Waals surface area contributed by atoms with Gasteiger partial charge in [0, 0.05) is 20.8 Å². The third-order valence-corrected chi connectivity index (χ3v) is 3.64. The maximum Gasteiger partial charge on any atom is 0.303 e. The van der Waals surface area contributed by atoms with E-state index in [1.165, 1.54) is 6.92 Å². The van der Waals surface area contributed by atoms with Crippen molar-refractivity contribution < 1.29 is 38.1 Å². The third-order valence-electron chi connectivity index (χ3n) is 3.12. The highest BCUT2D eigenvalue weighted by molar-refractivity contribution is 6.76. The smallest absolute Gasteiger partial charge is 0.303 e. The number of esters is 3. The Hall–Kier alpha value is -1.29. The minimum absolute atomic E-state index is 0.669. The Kier molecular flexibility index (Phi) is 7.94. The highest BCUT2D eigenvalue weighted by atomic mass is 35.6. The van der Waals surface area contributed by atoms with Gasteiger partial charge >= 0.3 is 17.9 Å². The molecule has 0 bridgehead atoms. The van der Waals surface area contributed by atoms with Crippen LogP contribution in [0.5, 0.6) is 0 Å². The predicted molar refractivity (Wildman–Crippen MR) is 90.1 cm³/mol. The lowest BCUT2D eigenvalue weighted by Gasteiger charge is -2.43. The first-order valence-electron chi connectivity index (χ1n) is 7.32. The Morgan fingerprint density at radius 1 is 0.846 bits per heavy atom. The number of hydrogen-bond donors (Lipinski definition) is 1. The topological polar surface area (TPSA) is 121 Å². The van der Waals surface area contributed by atoms with Crippen molar-refractivity contribution >= 4 is 58.6 Å². The average Bonchev–Trinajstić information content (AvgIpc) is 2.44. The van der Waals surface area contributed by atoms with Crippen LogP contribution in [-0.2, 0) is 38.1 Å². The molecule has 5 atom stereocenters. The van der Waals surface area contributed by atoms with Gasteiger partial charge in [0.2, 0.25) is 18.3 Å². The molecule has 0 saturated carbocycles. The molecule has 148 valence electrons. The number of nitrogens with one attached hydrogen (secondary N) is 1. The fourth-order valence-corrected chi connectivity index (χ4v) is 2.38. The molecule has 1 rings (SSSR count). The molecule has 1 fully saturated rings. The summed E-state index contributed by atoms with van der Waals surface area (Å²) in [7, 11) is 0. The maximum absolute atomic E-state index is 11.5. The summed E-state index contributed by atoms with van der Waals surface area (Å²) in [5.41, 5.74) is 0. The van der Waals surface area contributed by atoms with Crippen molar-refractivity contribution in [2.75, 3.05) is 0 Å². The van der Waals surface area contributed by atoms with E-state index in [1.54, 1.807) is 0 Å². The first-order valence-corrected chi connectivity index (χ1v) is 8.45. The van der Waals surface area contributed by atoms with Gasteiger partial charge in [0.25, 0.3) is 3.79 Å². The summed E-state index contributed by atoms with van der Waals surface area (Å²) in [4.78, 5) is 34.3. The van der Waals surface area contributed by atoms with Gasteiger partial charge in [-0.05, 0) is 6.92 Å². The first-order chi connectivity index (χ1) is 11.8. The summed E-state index contributed by atoms with van der Waals surface area (Å²) in [6, 6.07) is 0. The average molecular weight is 435 g/mol. The molecule has 0 unspecified atom stereocenters. The molecular formula is C14H18Cl3NO8. The van der Waals surface area contributed by atoms with Crippen molar-refractivity contribution in [3.05, 3.63) is 0 Å². The molecular weight excluding hydrogens is 417 g/mol. The van der Waals surface area contributed by atoms with Gasteiger partial charge in [0.05, 0.1) is 6.10 Å². The maximum atomic E-state index is 11.5. The van der Waals surface area contributed by atoms with E-state index < -0.39 is 58.3 Å². The summed E-state index contributed by atoms with van der Waals surface area (Å²) < 4.78 is 23.9. The molecule has 0 aliphatic carbocycles. The van der Waals surface area contributed by atoms with E-state index in [-0.39, 0.29) is 0 Å². The van der Waals surface area contributed by atoms with Crippen molar-refractivity contribution in [3.8, 4) is 0 Å². The van der Waals surface area contributed by atoms with Gasteiger partial charge in [-0.2, -0.15) is 0 Å². The van der Waals surface area contributed by atoms with Gasteiger partial charge in [-0.1, -0.05) is 34.8 Å². The molecule has 0 aromatic carbocycles. The van der Waals surface area contributed by atoms with E-state index in [1.807, 2.05) is 0 Å². The number of carbonyl (C=O) groups is 3. The first kappa shape index (κ1) is 22.8. The Balaban J connectivity index is 3.21. The predicted octanol–water partition coefficient (Wildman–Crippen LogP) is 1.89. The minimum atomic E-state index is -2.20. The van der Waals surface area contributed by atoms with E-state index in [0.717, 1.165) is 20.8 Å². The van der Waals surface area contributed by atoms with Crippen LogP contribution in [0.3, 0.4) is 0 Å². The summed E-state index contributed by atoms with van der Waals surface area (Å²) in [6.07, 6.45) is -6.05. The Morgan fingerprint density at radius 3 is 1.69 bits per heavy atom. The fourth-order valence-electron chi connectivity index (χ4n) is 2.25. The van der Waals surface area contributed by atoms with Crippen LogP contribution in [0.4, 0.5) is 0 Å². The molecule has 1 heterocycles. The van der Waals surface area contributed by atoms with Gasteiger partial charge in [-0.3, -0.25) is 19.8 Å². The third kappa shape index (κ3) is 6.46. The number of ether oxygens (including phenoxy) is 5. The van der Waals surface area contributed by atoms with Crippen molar-refractivity contribution in [3.63, 3.8) is 0 Å². The summed E-state index contributed by atoms with van der Waals surface area (Å²) in [6.45, 7) is 4.87. The van der Waals surface area contributed by atoms with Gasteiger partial charge < -0.3 is 23.7 Å². The monoisotopic (exact) mass is 433 g/mol. The molecule has 0 aromatic rings. The number of hydrogen-bond acceptors (Lipinski definition) is 9. The second kappa shape index (κ2) is 9.07. The van der Waals surface area contributed by atoms with Crippen LogP contribution in [0.2, 0.25) is 0 Å². The van der Waals surface area contributed by atoms with Crippen LogP contribution < -0.4 is 0 Å². The molecule has 0 radical (unpaired) electrons. The van der Waals surface area contributed by atoms with Gasteiger partial charge in [-0.15, -0.1) is 0 Å². The van der Waals surface area contributed by atoms with E-state index in [4.69, 9.17) is 63.9 Å². The lowest BCUT2D eigenvalue weighted by molar-refractivity contribution is -0.284. The molecule has 1 aliphatic rings. The SMILES string of the molecule is CC(=O)O[C@@H]1[C@@H](OC(C)=O)[C@@H](OC(=N)C(Cl)(Cl)Cl)O[C@H](C)[C@H]1OC(C)=O. The molecule has 0 aromatic heterocycles. The number of carbonyl (C=O) groups excluding carboxylic acids is 3. The summed E-state index contributed by atoms with van der Waals surface area (Å²) >= 11 is 16.7. The van der Waals surface area contributed by atoms with Crippen LogP contribution in [0.15, 0.2) is 0 Å². The van der Waals surface area contributed by atoms with Crippen LogP contribution >= 0.6 is 34.8 Å². The van der Waals surface area contributed by atoms with E-state index in [0.29, 0.717) is 0 Å². The second-order valence-electron chi connectivity index (χ2n) is 5.38. The molecule has 0 amide bonds. The highest BCUT2D eigenvalue weighted by Gasteiger charge is 2.52. The quantitative estimate of drug-likeness (QED) is 0.234. The zero-order valence-electron chi connectivity index (χ0n) is 14.3. The van der Waals surface area contributed by atoms with Crippen LogP contribution in [0.1, 0.15) is 27.7 Å².